The van der Waals surface area contributed by atoms with Gasteiger partial charge in [0.25, 0.3) is 0 Å². The van der Waals surface area contributed by atoms with Crippen LogP contribution in [0.25, 0.3) is 17.3 Å². The molecule has 0 atom stereocenters. The molecule has 1 aromatic carbocycles. The van der Waals surface area contributed by atoms with Crippen molar-refractivity contribution in [2.75, 3.05) is 5.32 Å². The Bertz CT molecular complexity index is 850. The Balaban J connectivity index is 1.65. The Morgan fingerprint density at radius 2 is 2.04 bits per heavy atom. The molecule has 3 rings (SSSR count). The smallest absolute Gasteiger partial charge is 0.250 e. The minimum absolute atomic E-state index is 0.254. The third kappa shape index (κ3) is 4.09. The van der Waals surface area contributed by atoms with Gasteiger partial charge in [0, 0.05) is 22.0 Å². The van der Waals surface area contributed by atoms with E-state index in [0.717, 1.165) is 17.0 Å². The molecule has 0 aliphatic rings. The number of amides is 1. The number of hydrogen-bond donors (Lipinski definition) is 1. The van der Waals surface area contributed by atoms with Crippen LogP contribution in [0.5, 0.6) is 0 Å². The molecule has 2 heterocycles. The molecule has 0 bridgehead atoms. The standard InChI is InChI=1S/C17H13ClN2O2S/c1-11-2-7-14(22-11)8-9-16(21)20-17-19-15(10-23-17)12-3-5-13(18)6-4-12/h2-10H,1H3,(H,19,20,21)/b9-8+. The first-order valence-corrected chi connectivity index (χ1v) is 8.13. The molecular weight excluding hydrogens is 332 g/mol. The summed E-state index contributed by atoms with van der Waals surface area (Å²) in [6.45, 7) is 1.85. The van der Waals surface area contributed by atoms with E-state index >= 15 is 0 Å². The predicted octanol–water partition coefficient (Wildman–Crippen LogP) is 5.02. The third-order valence-electron chi connectivity index (χ3n) is 3.03. The fourth-order valence-electron chi connectivity index (χ4n) is 1.93. The van der Waals surface area contributed by atoms with Gasteiger partial charge in [0.1, 0.15) is 11.5 Å². The molecule has 0 fully saturated rings. The lowest BCUT2D eigenvalue weighted by molar-refractivity contribution is -0.111. The Morgan fingerprint density at radius 1 is 1.26 bits per heavy atom. The average Bonchev–Trinajstić information content (AvgIpc) is 3.15. The quantitative estimate of drug-likeness (QED) is 0.676. The van der Waals surface area contributed by atoms with Crippen LogP contribution >= 0.6 is 22.9 Å². The number of furan rings is 1. The molecular formula is C17H13ClN2O2S. The zero-order valence-electron chi connectivity index (χ0n) is 12.2. The second-order valence-electron chi connectivity index (χ2n) is 4.82. The van der Waals surface area contributed by atoms with Gasteiger partial charge in [0.2, 0.25) is 5.91 Å². The molecule has 4 nitrogen and oxygen atoms in total. The molecule has 2 aromatic heterocycles. The van der Waals surface area contributed by atoms with Crippen molar-refractivity contribution in [1.29, 1.82) is 0 Å². The van der Waals surface area contributed by atoms with Crippen LogP contribution in [0.4, 0.5) is 5.13 Å². The van der Waals surface area contributed by atoms with Crippen molar-refractivity contribution in [1.82, 2.24) is 4.98 Å². The van der Waals surface area contributed by atoms with Crippen LogP contribution in [0.3, 0.4) is 0 Å². The van der Waals surface area contributed by atoms with Crippen molar-refractivity contribution < 1.29 is 9.21 Å². The largest absolute Gasteiger partial charge is 0.462 e. The number of benzene rings is 1. The summed E-state index contributed by atoms with van der Waals surface area (Å²) < 4.78 is 5.37. The van der Waals surface area contributed by atoms with Crippen LogP contribution in [0, 0.1) is 6.92 Å². The van der Waals surface area contributed by atoms with Crippen molar-refractivity contribution in [3.63, 3.8) is 0 Å². The van der Waals surface area contributed by atoms with Crippen molar-refractivity contribution in [2.24, 2.45) is 0 Å². The van der Waals surface area contributed by atoms with Crippen LogP contribution in [0.1, 0.15) is 11.5 Å². The number of aromatic nitrogens is 1. The van der Waals surface area contributed by atoms with E-state index < -0.39 is 0 Å². The van der Waals surface area contributed by atoms with Gasteiger partial charge >= 0.3 is 0 Å². The highest BCUT2D eigenvalue weighted by Crippen LogP contribution is 2.26. The highest BCUT2D eigenvalue weighted by Gasteiger charge is 2.06. The molecule has 1 N–H and O–H groups in total. The molecule has 0 saturated carbocycles. The second-order valence-corrected chi connectivity index (χ2v) is 6.11. The van der Waals surface area contributed by atoms with E-state index in [1.807, 2.05) is 42.6 Å². The minimum Gasteiger partial charge on any atom is -0.462 e. The van der Waals surface area contributed by atoms with Crippen molar-refractivity contribution >= 4 is 40.1 Å². The lowest BCUT2D eigenvalue weighted by atomic mass is 10.2. The van der Waals surface area contributed by atoms with Gasteiger partial charge in [-0.05, 0) is 37.3 Å². The molecule has 0 spiro atoms. The molecule has 6 heteroatoms. The van der Waals surface area contributed by atoms with Crippen LogP contribution in [0.2, 0.25) is 5.02 Å². The maximum Gasteiger partial charge on any atom is 0.250 e. The fraction of sp³-hybridized carbons (Fsp3) is 0.0588. The van der Waals surface area contributed by atoms with Crippen LogP contribution < -0.4 is 5.32 Å². The summed E-state index contributed by atoms with van der Waals surface area (Å²) >= 11 is 7.24. The van der Waals surface area contributed by atoms with Crippen molar-refractivity contribution in [2.45, 2.75) is 6.92 Å². The summed E-state index contributed by atoms with van der Waals surface area (Å²) in [6, 6.07) is 11.0. The van der Waals surface area contributed by atoms with Crippen LogP contribution in [-0.2, 0) is 4.79 Å². The zero-order valence-corrected chi connectivity index (χ0v) is 13.8. The summed E-state index contributed by atoms with van der Waals surface area (Å²) in [5.41, 5.74) is 1.75. The first-order valence-electron chi connectivity index (χ1n) is 6.87. The average molecular weight is 345 g/mol. The number of aryl methyl sites for hydroxylation is 1. The summed E-state index contributed by atoms with van der Waals surface area (Å²) in [5.74, 6) is 1.19. The number of rotatable bonds is 4. The number of nitrogens with zero attached hydrogens (tertiary/aromatic N) is 1. The number of carbonyl (C=O) groups excluding carboxylic acids is 1. The number of anilines is 1. The maximum atomic E-state index is 11.9. The molecule has 0 radical (unpaired) electrons. The SMILES string of the molecule is Cc1ccc(/C=C/C(=O)Nc2nc(-c3ccc(Cl)cc3)cs2)o1. The monoisotopic (exact) mass is 344 g/mol. The van der Waals surface area contributed by atoms with Gasteiger partial charge in [-0.2, -0.15) is 0 Å². The second kappa shape index (κ2) is 6.81. The van der Waals surface area contributed by atoms with E-state index in [4.69, 9.17) is 16.0 Å². The van der Waals surface area contributed by atoms with Crippen molar-refractivity contribution in [3.8, 4) is 11.3 Å². The van der Waals surface area contributed by atoms with Gasteiger partial charge in [0.05, 0.1) is 5.69 Å². The molecule has 0 aliphatic carbocycles. The van der Waals surface area contributed by atoms with E-state index in [9.17, 15) is 4.79 Å². The lowest BCUT2D eigenvalue weighted by Gasteiger charge is -1.97. The van der Waals surface area contributed by atoms with Crippen LogP contribution in [0.15, 0.2) is 52.3 Å². The summed E-state index contributed by atoms with van der Waals surface area (Å²) in [4.78, 5) is 16.3. The molecule has 116 valence electrons. The van der Waals surface area contributed by atoms with Gasteiger partial charge in [-0.15, -0.1) is 11.3 Å². The summed E-state index contributed by atoms with van der Waals surface area (Å²) in [5, 5.41) is 5.84. The van der Waals surface area contributed by atoms with Gasteiger partial charge in [0.15, 0.2) is 5.13 Å². The Morgan fingerprint density at radius 3 is 2.74 bits per heavy atom. The number of carbonyl (C=O) groups is 1. The molecule has 23 heavy (non-hydrogen) atoms. The lowest BCUT2D eigenvalue weighted by Crippen LogP contribution is -2.07. The number of thiazole rings is 1. The van der Waals surface area contributed by atoms with E-state index in [1.54, 1.807) is 12.1 Å². The van der Waals surface area contributed by atoms with Gasteiger partial charge in [-0.3, -0.25) is 10.1 Å². The molecule has 3 aromatic rings. The summed E-state index contributed by atoms with van der Waals surface area (Å²) in [6.07, 6.45) is 3.04. The molecule has 0 unspecified atom stereocenters. The zero-order chi connectivity index (χ0) is 16.2. The normalized spacial score (nSPS) is 11.0. The number of nitrogens with one attached hydrogen (secondary N) is 1. The highest BCUT2D eigenvalue weighted by molar-refractivity contribution is 7.14. The van der Waals surface area contributed by atoms with E-state index in [0.29, 0.717) is 15.9 Å². The topological polar surface area (TPSA) is 55.1 Å². The molecule has 0 saturated heterocycles. The maximum absolute atomic E-state index is 11.9. The first kappa shape index (κ1) is 15.5. The Labute approximate surface area is 142 Å². The van der Waals surface area contributed by atoms with E-state index in [2.05, 4.69) is 10.3 Å². The fourth-order valence-corrected chi connectivity index (χ4v) is 2.78. The first-order chi connectivity index (χ1) is 11.1. The third-order valence-corrected chi connectivity index (χ3v) is 4.04. The summed E-state index contributed by atoms with van der Waals surface area (Å²) in [7, 11) is 0. The van der Waals surface area contributed by atoms with E-state index in [1.165, 1.54) is 17.4 Å². The minimum atomic E-state index is -0.254. The Hall–Kier alpha value is -2.37. The van der Waals surface area contributed by atoms with Gasteiger partial charge in [-0.1, -0.05) is 23.7 Å². The molecule has 1 amide bonds. The predicted molar refractivity (Wildman–Crippen MR) is 93.7 cm³/mol. The number of halogens is 1. The number of hydrogen-bond acceptors (Lipinski definition) is 4. The van der Waals surface area contributed by atoms with Gasteiger partial charge in [-0.25, -0.2) is 4.98 Å². The Kier molecular flexibility index (Phi) is 4.60. The van der Waals surface area contributed by atoms with E-state index in [-0.39, 0.29) is 5.91 Å². The molecule has 0 aliphatic heterocycles. The highest BCUT2D eigenvalue weighted by atomic mass is 35.5. The van der Waals surface area contributed by atoms with Crippen molar-refractivity contribution in [3.05, 3.63) is 64.4 Å². The van der Waals surface area contributed by atoms with Gasteiger partial charge < -0.3 is 4.42 Å². The van der Waals surface area contributed by atoms with Crippen LogP contribution in [-0.4, -0.2) is 10.9 Å².